The Labute approximate surface area is 203 Å². The minimum atomic E-state index is -2.02. The molecule has 2 aliphatic heterocycles. The number of hydrogen-bond acceptors (Lipinski definition) is 10. The summed E-state index contributed by atoms with van der Waals surface area (Å²) in [6.45, 7) is 0.833. The number of cyclic esters (lactones) is 1. The van der Waals surface area contributed by atoms with Crippen molar-refractivity contribution in [1.82, 2.24) is 13.7 Å². The molecule has 0 radical (unpaired) electrons. The number of esters is 1. The van der Waals surface area contributed by atoms with E-state index in [9.17, 15) is 9.90 Å². The topological polar surface area (TPSA) is 113 Å². The van der Waals surface area contributed by atoms with Crippen LogP contribution in [0.4, 0.5) is 0 Å². The number of methoxy groups -OCH3 is 1. The van der Waals surface area contributed by atoms with Crippen LogP contribution in [0.1, 0.15) is 16.7 Å². The summed E-state index contributed by atoms with van der Waals surface area (Å²) in [5, 5.41) is 11.9. The van der Waals surface area contributed by atoms with Gasteiger partial charge in [0.15, 0.2) is 11.5 Å². The molecule has 2 aromatic carbocycles. The Bertz CT molecular complexity index is 1500. The van der Waals surface area contributed by atoms with Crippen LogP contribution in [0.25, 0.3) is 16.6 Å². The predicted octanol–water partition coefficient (Wildman–Crippen LogP) is 3.26. The van der Waals surface area contributed by atoms with Gasteiger partial charge < -0.3 is 24.1 Å². The Morgan fingerprint density at radius 3 is 2.71 bits per heavy atom. The monoisotopic (exact) mass is 489 g/mol. The molecule has 4 heterocycles. The number of fused-ring (bicyclic) bond motifs is 2. The Kier molecular flexibility index (Phi) is 5.12. The second-order valence-electron chi connectivity index (χ2n) is 8.10. The summed E-state index contributed by atoms with van der Waals surface area (Å²) in [5.41, 5.74) is 3.77. The van der Waals surface area contributed by atoms with Gasteiger partial charge in [0.05, 0.1) is 24.4 Å². The van der Waals surface area contributed by atoms with Gasteiger partial charge in [-0.05, 0) is 47.5 Å². The van der Waals surface area contributed by atoms with Crippen LogP contribution in [0.15, 0.2) is 60.3 Å². The minimum Gasteiger partial charge on any atom is -0.486 e. The largest absolute Gasteiger partial charge is 0.486 e. The van der Waals surface area contributed by atoms with Crippen molar-refractivity contribution in [3.05, 3.63) is 77.0 Å². The number of aromatic nitrogens is 3. The van der Waals surface area contributed by atoms with Gasteiger partial charge in [0.1, 0.15) is 24.2 Å². The fourth-order valence-electron chi connectivity index (χ4n) is 4.34. The van der Waals surface area contributed by atoms with Crippen molar-refractivity contribution < 1.29 is 28.8 Å². The summed E-state index contributed by atoms with van der Waals surface area (Å²) in [7, 11) is 1.53. The van der Waals surface area contributed by atoms with Crippen LogP contribution in [0.2, 0.25) is 0 Å². The van der Waals surface area contributed by atoms with E-state index in [0.29, 0.717) is 52.8 Å². The van der Waals surface area contributed by atoms with E-state index in [1.165, 1.54) is 7.11 Å². The molecule has 2 aliphatic rings. The quantitative estimate of drug-likeness (QED) is 0.422. The van der Waals surface area contributed by atoms with Gasteiger partial charge in [0.2, 0.25) is 5.88 Å². The Morgan fingerprint density at radius 1 is 1.03 bits per heavy atom. The number of rotatable bonds is 5. The molecular weight excluding hydrogens is 470 g/mol. The Balaban J connectivity index is 1.53. The first-order chi connectivity index (χ1) is 17.0. The van der Waals surface area contributed by atoms with Gasteiger partial charge in [-0.1, -0.05) is 6.07 Å². The molecule has 4 aromatic rings. The zero-order valence-corrected chi connectivity index (χ0v) is 19.4. The maximum atomic E-state index is 13.3. The van der Waals surface area contributed by atoms with E-state index in [2.05, 4.69) is 13.7 Å². The predicted molar refractivity (Wildman–Crippen MR) is 126 cm³/mol. The molecule has 1 atom stereocenters. The SMILES string of the molecule is COc1cc(CC2=C(c3ccc4nsnc4c3)C(=O)OC2(O)c2ccc3c(c2)OCCO3)ccn1. The van der Waals surface area contributed by atoms with Crippen molar-refractivity contribution in [2.45, 2.75) is 12.2 Å². The summed E-state index contributed by atoms with van der Waals surface area (Å²) in [6.07, 6.45) is 1.82. The first-order valence-corrected chi connectivity index (χ1v) is 11.6. The Hall–Kier alpha value is -4.02. The third-order valence-electron chi connectivity index (χ3n) is 6.02. The number of pyridine rings is 1. The van der Waals surface area contributed by atoms with Gasteiger partial charge >= 0.3 is 5.97 Å². The highest BCUT2D eigenvalue weighted by Gasteiger charge is 2.48. The molecule has 0 saturated heterocycles. The van der Waals surface area contributed by atoms with Crippen LogP contribution in [0.3, 0.4) is 0 Å². The lowest BCUT2D eigenvalue weighted by Gasteiger charge is -2.27. The van der Waals surface area contributed by atoms with Crippen LogP contribution >= 0.6 is 11.7 Å². The molecule has 35 heavy (non-hydrogen) atoms. The van der Waals surface area contributed by atoms with Gasteiger partial charge in [-0.15, -0.1) is 0 Å². The van der Waals surface area contributed by atoms with E-state index >= 15 is 0 Å². The molecule has 10 heteroatoms. The molecule has 2 aromatic heterocycles. The number of nitrogens with zero attached hydrogens (tertiary/aromatic N) is 3. The van der Waals surface area contributed by atoms with Gasteiger partial charge in [0, 0.05) is 29.8 Å². The van der Waals surface area contributed by atoms with E-state index in [1.807, 2.05) is 0 Å². The van der Waals surface area contributed by atoms with Crippen molar-refractivity contribution in [2.24, 2.45) is 0 Å². The first kappa shape index (κ1) is 21.5. The average Bonchev–Trinajstić information content (AvgIpc) is 3.45. The third kappa shape index (κ3) is 3.67. The highest BCUT2D eigenvalue weighted by atomic mass is 32.1. The van der Waals surface area contributed by atoms with E-state index in [-0.39, 0.29) is 12.0 Å². The molecule has 176 valence electrons. The lowest BCUT2D eigenvalue weighted by molar-refractivity contribution is -0.185. The number of aliphatic hydroxyl groups is 1. The van der Waals surface area contributed by atoms with E-state index in [4.69, 9.17) is 18.9 Å². The molecule has 0 spiro atoms. The number of benzene rings is 2. The van der Waals surface area contributed by atoms with Gasteiger partial charge in [-0.2, -0.15) is 8.75 Å². The molecule has 9 nitrogen and oxygen atoms in total. The van der Waals surface area contributed by atoms with Gasteiger partial charge in [0.25, 0.3) is 5.79 Å². The summed E-state index contributed by atoms with van der Waals surface area (Å²) < 4.78 is 30.8. The molecule has 0 aliphatic carbocycles. The number of carbonyl (C=O) groups is 1. The van der Waals surface area contributed by atoms with Gasteiger partial charge in [-0.3, -0.25) is 0 Å². The van der Waals surface area contributed by atoms with Crippen LogP contribution in [0, 0.1) is 0 Å². The molecule has 0 fully saturated rings. The van der Waals surface area contributed by atoms with Crippen molar-refractivity contribution in [1.29, 1.82) is 0 Å². The Morgan fingerprint density at radius 2 is 1.86 bits per heavy atom. The zero-order chi connectivity index (χ0) is 24.0. The fraction of sp³-hybridized carbons (Fsp3) is 0.200. The highest BCUT2D eigenvalue weighted by Crippen LogP contribution is 2.47. The van der Waals surface area contributed by atoms with Gasteiger partial charge in [-0.25, -0.2) is 9.78 Å². The maximum absolute atomic E-state index is 13.3. The maximum Gasteiger partial charge on any atom is 0.342 e. The summed E-state index contributed by atoms with van der Waals surface area (Å²) in [5.74, 6) is -1.19. The van der Waals surface area contributed by atoms with Crippen LogP contribution in [0.5, 0.6) is 17.4 Å². The van der Waals surface area contributed by atoms with Crippen molar-refractivity contribution in [3.63, 3.8) is 0 Å². The normalized spacial score (nSPS) is 19.2. The molecule has 1 unspecified atom stereocenters. The molecule has 1 N–H and O–H groups in total. The highest BCUT2D eigenvalue weighted by molar-refractivity contribution is 7.00. The number of ether oxygens (including phenoxy) is 4. The van der Waals surface area contributed by atoms with E-state index < -0.39 is 11.8 Å². The lowest BCUT2D eigenvalue weighted by Crippen LogP contribution is -2.30. The van der Waals surface area contributed by atoms with Crippen molar-refractivity contribution in [2.75, 3.05) is 20.3 Å². The molecule has 6 rings (SSSR count). The molecule has 0 bridgehead atoms. The summed E-state index contributed by atoms with van der Waals surface area (Å²) in [6, 6.07) is 13.9. The summed E-state index contributed by atoms with van der Waals surface area (Å²) in [4.78, 5) is 17.4. The van der Waals surface area contributed by atoms with Crippen LogP contribution < -0.4 is 14.2 Å². The van der Waals surface area contributed by atoms with E-state index in [1.54, 1.807) is 54.7 Å². The van der Waals surface area contributed by atoms with Crippen molar-refractivity contribution >= 4 is 34.3 Å². The molecular formula is C25H19N3O6S. The standard InChI is InChI=1S/C25H19N3O6S/c1-31-22-11-14(6-7-26-22)10-17-23(15-2-4-18-19(12-15)28-35-27-18)24(29)34-25(17,30)16-3-5-20-21(13-16)33-9-8-32-20/h2-7,11-13,30H,8-10H2,1H3. The van der Waals surface area contributed by atoms with Crippen LogP contribution in [-0.2, 0) is 21.7 Å². The first-order valence-electron chi connectivity index (χ1n) is 10.9. The molecule has 0 saturated carbocycles. The summed E-state index contributed by atoms with van der Waals surface area (Å²) >= 11 is 1.09. The number of carbonyl (C=O) groups excluding carboxylic acids is 1. The van der Waals surface area contributed by atoms with E-state index in [0.717, 1.165) is 22.8 Å². The smallest absolute Gasteiger partial charge is 0.342 e. The zero-order valence-electron chi connectivity index (χ0n) is 18.6. The average molecular weight is 490 g/mol. The second kappa shape index (κ2) is 8.33. The molecule has 0 amide bonds. The second-order valence-corrected chi connectivity index (χ2v) is 8.62. The van der Waals surface area contributed by atoms with Crippen LogP contribution in [-0.4, -0.2) is 45.1 Å². The van der Waals surface area contributed by atoms with Crippen molar-refractivity contribution in [3.8, 4) is 17.4 Å². The number of hydrogen-bond donors (Lipinski definition) is 1. The lowest BCUT2D eigenvalue weighted by atomic mass is 9.88. The third-order valence-corrected chi connectivity index (χ3v) is 6.58. The fourth-order valence-corrected chi connectivity index (χ4v) is 4.86. The minimum absolute atomic E-state index is 0.207.